The predicted octanol–water partition coefficient (Wildman–Crippen LogP) is 6.54. The van der Waals surface area contributed by atoms with Gasteiger partial charge in [-0.25, -0.2) is 9.07 Å². The second-order valence-electron chi connectivity index (χ2n) is 9.63. The maximum Gasteiger partial charge on any atom is 0.158 e. The number of hydrogen-bond donors (Lipinski definition) is 0. The van der Waals surface area contributed by atoms with Crippen LogP contribution in [0.4, 0.5) is 4.39 Å². The van der Waals surface area contributed by atoms with E-state index in [2.05, 4.69) is 22.4 Å². The molecule has 0 N–H and O–H groups in total. The van der Waals surface area contributed by atoms with Gasteiger partial charge < -0.3 is 14.0 Å². The summed E-state index contributed by atoms with van der Waals surface area (Å²) in [5, 5.41) is 12.6. The highest BCUT2D eigenvalue weighted by Gasteiger charge is 2.34. The topological polar surface area (TPSA) is 84.1 Å². The molecule has 0 saturated carbocycles. The first-order valence-electron chi connectivity index (χ1n) is 13.2. The van der Waals surface area contributed by atoms with E-state index in [4.69, 9.17) is 21.1 Å². The van der Waals surface area contributed by atoms with Crippen LogP contribution in [0.2, 0.25) is 5.02 Å². The number of thioether (sulfide) groups is 1. The highest BCUT2D eigenvalue weighted by atomic mass is 35.5. The lowest BCUT2D eigenvalue weighted by atomic mass is 9.98. The summed E-state index contributed by atoms with van der Waals surface area (Å²) in [4.78, 5) is 13.2. The minimum atomic E-state index is -0.801. The van der Waals surface area contributed by atoms with Crippen molar-refractivity contribution < 1.29 is 18.7 Å². The van der Waals surface area contributed by atoms with Gasteiger partial charge in [0.1, 0.15) is 29.6 Å². The molecular weight excluding hydrogens is 553 g/mol. The standard InChI is InChI=1S/C29H31ClFN5O3S/c1-4-5-7-19(37)17-26-32-33-34-36(26)15-13-24-23-8-6-14-35(23)22-11-9-18(30)16-20(22)28(39-24)27-21(31)10-12-25(40-3)29(27)38-2/h6,8-12,14,16,24,28H,4-5,7,13,15,17H2,1-3H3/t24-,28+/m1/s1. The lowest BCUT2D eigenvalue weighted by Gasteiger charge is -2.26. The van der Waals surface area contributed by atoms with Crippen LogP contribution in [0.5, 0.6) is 5.75 Å². The molecule has 0 amide bonds. The number of carbonyl (C=O) groups is 1. The quantitative estimate of drug-likeness (QED) is 0.185. The van der Waals surface area contributed by atoms with E-state index in [1.165, 1.54) is 24.9 Å². The Balaban J connectivity index is 1.53. The van der Waals surface area contributed by atoms with Crippen LogP contribution in [0.25, 0.3) is 5.69 Å². The van der Waals surface area contributed by atoms with Crippen molar-refractivity contribution in [1.29, 1.82) is 0 Å². The van der Waals surface area contributed by atoms with Crippen molar-refractivity contribution in [3.8, 4) is 11.4 Å². The predicted molar refractivity (Wildman–Crippen MR) is 152 cm³/mol. The highest BCUT2D eigenvalue weighted by molar-refractivity contribution is 7.98. The Morgan fingerprint density at radius 3 is 2.88 bits per heavy atom. The zero-order valence-corrected chi connectivity index (χ0v) is 24.2. The summed E-state index contributed by atoms with van der Waals surface area (Å²) in [6, 6.07) is 12.7. The molecule has 3 heterocycles. The number of nitrogens with zero attached hydrogens (tertiary/aromatic N) is 5. The van der Waals surface area contributed by atoms with E-state index >= 15 is 4.39 Å². The zero-order valence-electron chi connectivity index (χ0n) is 22.6. The number of hydrogen-bond acceptors (Lipinski definition) is 7. The van der Waals surface area contributed by atoms with Gasteiger partial charge in [0.05, 0.1) is 30.5 Å². The van der Waals surface area contributed by atoms with Gasteiger partial charge in [0.2, 0.25) is 0 Å². The number of Topliss-reactive ketones (excluding diaryl/α,β-unsaturated/α-hetero) is 1. The average molecular weight is 584 g/mol. The summed E-state index contributed by atoms with van der Waals surface area (Å²) in [5.74, 6) is 0.643. The van der Waals surface area contributed by atoms with Crippen LogP contribution < -0.4 is 4.74 Å². The van der Waals surface area contributed by atoms with Gasteiger partial charge in [0.25, 0.3) is 0 Å². The Bertz CT molecular complexity index is 1510. The number of unbranched alkanes of at least 4 members (excludes halogenated alkanes) is 1. The number of rotatable bonds is 11. The van der Waals surface area contributed by atoms with Crippen molar-refractivity contribution in [3.63, 3.8) is 0 Å². The van der Waals surface area contributed by atoms with E-state index < -0.39 is 18.0 Å². The van der Waals surface area contributed by atoms with Crippen LogP contribution >= 0.6 is 23.4 Å². The molecule has 2 atom stereocenters. The second-order valence-corrected chi connectivity index (χ2v) is 10.9. The largest absolute Gasteiger partial charge is 0.495 e. The number of ketones is 1. The van der Waals surface area contributed by atoms with Crippen molar-refractivity contribution in [2.24, 2.45) is 0 Å². The van der Waals surface area contributed by atoms with Gasteiger partial charge in [0.15, 0.2) is 5.82 Å². The molecule has 2 aromatic heterocycles. The third-order valence-corrected chi connectivity index (χ3v) is 8.11. The first kappa shape index (κ1) is 28.3. The number of aryl methyl sites for hydroxylation is 1. The first-order valence-corrected chi connectivity index (χ1v) is 14.8. The number of aromatic nitrogens is 5. The van der Waals surface area contributed by atoms with Crippen molar-refractivity contribution in [1.82, 2.24) is 24.8 Å². The number of tetrazole rings is 1. The average Bonchev–Trinajstić information content (AvgIpc) is 3.59. The van der Waals surface area contributed by atoms with E-state index in [0.29, 0.717) is 41.5 Å². The highest BCUT2D eigenvalue weighted by Crippen LogP contribution is 2.47. The molecule has 4 aromatic rings. The van der Waals surface area contributed by atoms with Crippen molar-refractivity contribution >= 4 is 29.1 Å². The molecule has 8 nitrogen and oxygen atoms in total. The molecule has 0 spiro atoms. The van der Waals surface area contributed by atoms with Crippen LogP contribution in [0, 0.1) is 5.82 Å². The van der Waals surface area contributed by atoms with Crippen molar-refractivity contribution in [2.75, 3.05) is 13.4 Å². The van der Waals surface area contributed by atoms with Crippen LogP contribution in [0.3, 0.4) is 0 Å². The Morgan fingerprint density at radius 2 is 2.10 bits per heavy atom. The lowest BCUT2D eigenvalue weighted by Crippen LogP contribution is -2.17. The van der Waals surface area contributed by atoms with Gasteiger partial charge >= 0.3 is 0 Å². The molecular formula is C29H31ClFN5O3S. The molecule has 1 aliphatic rings. The van der Waals surface area contributed by atoms with E-state index in [1.54, 1.807) is 10.7 Å². The monoisotopic (exact) mass is 583 g/mol. The molecule has 40 heavy (non-hydrogen) atoms. The fourth-order valence-corrected chi connectivity index (χ4v) is 5.91. The minimum absolute atomic E-state index is 0.112. The second kappa shape index (κ2) is 12.5. The summed E-state index contributed by atoms with van der Waals surface area (Å²) in [7, 11) is 1.54. The van der Waals surface area contributed by atoms with Crippen molar-refractivity contribution in [2.45, 2.75) is 62.7 Å². The Morgan fingerprint density at radius 1 is 1.25 bits per heavy atom. The smallest absolute Gasteiger partial charge is 0.158 e. The van der Waals surface area contributed by atoms with Crippen LogP contribution in [0.15, 0.2) is 53.6 Å². The number of fused-ring (bicyclic) bond motifs is 3. The van der Waals surface area contributed by atoms with Crippen LogP contribution in [-0.2, 0) is 22.5 Å². The maximum atomic E-state index is 15.6. The molecule has 11 heteroatoms. The molecule has 0 aliphatic carbocycles. The summed E-state index contributed by atoms with van der Waals surface area (Å²) in [6.07, 6.45) is 5.59. The van der Waals surface area contributed by atoms with Gasteiger partial charge in [-0.2, -0.15) is 0 Å². The SMILES string of the molecule is CCCCC(=O)Cc1nnnn1CC[C@H]1O[C@H](c2c(F)ccc(SC)c2OC)c2cc(Cl)ccc2-n2cccc21. The fraction of sp³-hybridized carbons (Fsp3) is 0.379. The molecule has 0 radical (unpaired) electrons. The number of benzene rings is 2. The summed E-state index contributed by atoms with van der Waals surface area (Å²) < 4.78 is 31.9. The third-order valence-electron chi connectivity index (χ3n) is 7.11. The number of halogens is 2. The lowest BCUT2D eigenvalue weighted by molar-refractivity contribution is -0.118. The molecule has 1 aliphatic heterocycles. The van der Waals surface area contributed by atoms with Gasteiger partial charge in [-0.3, -0.25) is 4.79 Å². The van der Waals surface area contributed by atoms with Gasteiger partial charge in [0, 0.05) is 34.6 Å². The Kier molecular flexibility index (Phi) is 8.87. The molecule has 0 fully saturated rings. The molecule has 0 saturated heterocycles. The third kappa shape index (κ3) is 5.66. The number of carbonyl (C=O) groups excluding carboxylic acids is 1. The molecule has 0 bridgehead atoms. The van der Waals surface area contributed by atoms with Gasteiger partial charge in [-0.15, -0.1) is 16.9 Å². The first-order chi connectivity index (χ1) is 19.4. The molecule has 0 unspecified atom stereocenters. The Hall–Kier alpha value is -3.21. The van der Waals surface area contributed by atoms with Crippen LogP contribution in [-0.4, -0.2) is 43.9 Å². The number of ether oxygens (including phenoxy) is 2. The molecule has 210 valence electrons. The van der Waals surface area contributed by atoms with E-state index in [9.17, 15) is 4.79 Å². The van der Waals surface area contributed by atoms with E-state index in [0.717, 1.165) is 34.7 Å². The fourth-order valence-electron chi connectivity index (χ4n) is 5.15. The van der Waals surface area contributed by atoms with Crippen molar-refractivity contribution in [3.05, 3.63) is 82.1 Å². The Labute approximate surface area is 241 Å². The van der Waals surface area contributed by atoms with Gasteiger partial charge in [-0.05, 0) is 72.0 Å². The van der Waals surface area contributed by atoms with E-state index in [-0.39, 0.29) is 12.2 Å². The maximum absolute atomic E-state index is 15.6. The van der Waals surface area contributed by atoms with Gasteiger partial charge in [-0.1, -0.05) is 24.9 Å². The number of methoxy groups -OCH3 is 1. The summed E-state index contributed by atoms with van der Waals surface area (Å²) in [5.41, 5.74) is 2.79. The minimum Gasteiger partial charge on any atom is -0.495 e. The molecule has 5 rings (SSSR count). The van der Waals surface area contributed by atoms with E-state index in [1.807, 2.05) is 47.4 Å². The summed E-state index contributed by atoms with van der Waals surface area (Å²) >= 11 is 7.94. The summed E-state index contributed by atoms with van der Waals surface area (Å²) in [6.45, 7) is 2.46. The zero-order chi connectivity index (χ0) is 28.2. The molecule has 2 aromatic carbocycles. The van der Waals surface area contributed by atoms with Crippen LogP contribution in [0.1, 0.15) is 67.5 Å². The normalized spacial score (nSPS) is 16.3.